The fourth-order valence-electron chi connectivity index (χ4n) is 2.56. The molecule has 0 aromatic carbocycles. The maximum Gasteiger partial charge on any atom is 0.328 e. The van der Waals surface area contributed by atoms with Gasteiger partial charge in [-0.05, 0) is 38.1 Å². The number of aliphatic hydroxyl groups is 2. The third-order valence-corrected chi connectivity index (χ3v) is 4.25. The highest BCUT2D eigenvalue weighted by atomic mass is 16.4. The van der Waals surface area contributed by atoms with E-state index in [4.69, 9.17) is 26.8 Å². The highest BCUT2D eigenvalue weighted by Crippen LogP contribution is 2.08. The summed E-state index contributed by atoms with van der Waals surface area (Å²) in [5.41, 5.74) is 10.9. The molecule has 30 heavy (non-hydrogen) atoms. The van der Waals surface area contributed by atoms with Gasteiger partial charge in [0.1, 0.15) is 24.2 Å². The highest BCUT2D eigenvalue weighted by molar-refractivity contribution is 5.94. The first-order valence-corrected chi connectivity index (χ1v) is 9.88. The molecule has 0 fully saturated rings. The molecule has 0 spiro atoms. The zero-order valence-electron chi connectivity index (χ0n) is 17.5. The molecule has 10 N–H and O–H groups in total. The first kappa shape index (κ1) is 27.7. The Hall–Kier alpha value is -2.28. The second kappa shape index (κ2) is 14.7. The van der Waals surface area contributed by atoms with Crippen LogP contribution in [0.25, 0.3) is 0 Å². The van der Waals surface area contributed by atoms with Gasteiger partial charge in [0.2, 0.25) is 17.7 Å². The van der Waals surface area contributed by atoms with E-state index in [2.05, 4.69) is 16.0 Å². The van der Waals surface area contributed by atoms with Gasteiger partial charge in [-0.3, -0.25) is 14.4 Å². The zero-order valence-corrected chi connectivity index (χ0v) is 17.5. The minimum Gasteiger partial charge on any atom is -0.480 e. The fourth-order valence-corrected chi connectivity index (χ4v) is 2.56. The first-order valence-electron chi connectivity index (χ1n) is 9.88. The molecule has 0 aliphatic heterocycles. The lowest BCUT2D eigenvalue weighted by atomic mass is 10.0. The maximum atomic E-state index is 12.8. The number of carboxylic acids is 1. The monoisotopic (exact) mass is 433 g/mol. The molecule has 0 aliphatic rings. The number of rotatable bonds is 15. The SMILES string of the molecule is CC(C)CC(NC(=O)C(N)CO)C(=O)NC(CCCCN)C(=O)NC(CO)C(=O)O. The van der Waals surface area contributed by atoms with Crippen molar-refractivity contribution in [2.24, 2.45) is 17.4 Å². The van der Waals surface area contributed by atoms with E-state index in [9.17, 15) is 19.2 Å². The van der Waals surface area contributed by atoms with Gasteiger partial charge in [0.05, 0.1) is 13.2 Å². The van der Waals surface area contributed by atoms with E-state index >= 15 is 0 Å². The molecule has 0 aromatic heterocycles. The van der Waals surface area contributed by atoms with Gasteiger partial charge in [0, 0.05) is 0 Å². The largest absolute Gasteiger partial charge is 0.480 e. The zero-order chi connectivity index (χ0) is 23.3. The van der Waals surface area contributed by atoms with Crippen molar-refractivity contribution in [1.82, 2.24) is 16.0 Å². The molecule has 0 radical (unpaired) electrons. The summed E-state index contributed by atoms with van der Waals surface area (Å²) in [4.78, 5) is 48.3. The molecule has 174 valence electrons. The molecule has 0 rings (SSSR count). The van der Waals surface area contributed by atoms with Crippen molar-refractivity contribution in [3.8, 4) is 0 Å². The summed E-state index contributed by atoms with van der Waals surface area (Å²) in [6.07, 6.45) is 1.51. The summed E-state index contributed by atoms with van der Waals surface area (Å²) in [5, 5.41) is 34.3. The van der Waals surface area contributed by atoms with Crippen molar-refractivity contribution in [1.29, 1.82) is 0 Å². The number of aliphatic hydroxyl groups excluding tert-OH is 2. The fraction of sp³-hybridized carbons (Fsp3) is 0.778. The lowest BCUT2D eigenvalue weighted by molar-refractivity contribution is -0.143. The van der Waals surface area contributed by atoms with E-state index in [1.807, 2.05) is 13.8 Å². The van der Waals surface area contributed by atoms with Gasteiger partial charge in [-0.2, -0.15) is 0 Å². The Kier molecular flexibility index (Phi) is 13.5. The normalized spacial score (nSPS) is 15.0. The number of carboxylic acid groups (broad SMARTS) is 1. The van der Waals surface area contributed by atoms with Gasteiger partial charge in [-0.15, -0.1) is 0 Å². The van der Waals surface area contributed by atoms with Crippen molar-refractivity contribution in [3.63, 3.8) is 0 Å². The van der Waals surface area contributed by atoms with Crippen LogP contribution in [0, 0.1) is 5.92 Å². The van der Waals surface area contributed by atoms with Crippen molar-refractivity contribution < 1.29 is 34.5 Å². The molecule has 12 heteroatoms. The number of aliphatic carboxylic acids is 1. The molecule has 0 heterocycles. The van der Waals surface area contributed by atoms with Gasteiger partial charge >= 0.3 is 5.97 Å². The van der Waals surface area contributed by atoms with Crippen LogP contribution >= 0.6 is 0 Å². The van der Waals surface area contributed by atoms with Crippen LogP contribution in [0.4, 0.5) is 0 Å². The Labute approximate surface area is 175 Å². The molecule has 4 unspecified atom stereocenters. The van der Waals surface area contributed by atoms with E-state index in [0.717, 1.165) is 0 Å². The lowest BCUT2D eigenvalue weighted by Crippen LogP contribution is -2.58. The van der Waals surface area contributed by atoms with Crippen LogP contribution in [0.1, 0.15) is 39.5 Å². The Morgan fingerprint density at radius 2 is 1.37 bits per heavy atom. The van der Waals surface area contributed by atoms with Crippen LogP contribution in [-0.4, -0.2) is 82.9 Å². The van der Waals surface area contributed by atoms with E-state index in [-0.39, 0.29) is 18.8 Å². The average molecular weight is 434 g/mol. The number of unbranched alkanes of at least 4 members (excludes halogenated alkanes) is 1. The minimum absolute atomic E-state index is 0.0155. The predicted octanol–water partition coefficient (Wildman–Crippen LogP) is -2.99. The molecule has 0 saturated heterocycles. The third kappa shape index (κ3) is 10.5. The number of nitrogens with two attached hydrogens (primary N) is 2. The van der Waals surface area contributed by atoms with Crippen LogP contribution in [0.2, 0.25) is 0 Å². The lowest BCUT2D eigenvalue weighted by Gasteiger charge is -2.25. The van der Waals surface area contributed by atoms with E-state index in [0.29, 0.717) is 19.4 Å². The molecule has 12 nitrogen and oxygen atoms in total. The standard InChI is InChI=1S/C18H35N5O7/c1-10(2)7-13(22-15(26)11(20)8-24)17(28)21-12(5-3-4-6-19)16(27)23-14(9-25)18(29)30/h10-14,24-25H,3-9,19-20H2,1-2H3,(H,21,28)(H,22,26)(H,23,27)(H,29,30). The van der Waals surface area contributed by atoms with Crippen molar-refractivity contribution in [2.75, 3.05) is 19.8 Å². The molecule has 3 amide bonds. The molecule has 0 bridgehead atoms. The van der Waals surface area contributed by atoms with Gasteiger partial charge in [0.25, 0.3) is 0 Å². The second-order valence-electron chi connectivity index (χ2n) is 7.41. The minimum atomic E-state index is -1.51. The van der Waals surface area contributed by atoms with Gasteiger partial charge in [-0.25, -0.2) is 4.79 Å². The third-order valence-electron chi connectivity index (χ3n) is 4.25. The number of carbonyl (C=O) groups is 4. The molecule has 0 aromatic rings. The Morgan fingerprint density at radius 1 is 0.833 bits per heavy atom. The van der Waals surface area contributed by atoms with Gasteiger partial charge < -0.3 is 42.7 Å². The summed E-state index contributed by atoms with van der Waals surface area (Å²) in [5.74, 6) is -3.54. The quantitative estimate of drug-likeness (QED) is 0.123. The summed E-state index contributed by atoms with van der Waals surface area (Å²) >= 11 is 0. The van der Waals surface area contributed by atoms with Crippen LogP contribution in [0.15, 0.2) is 0 Å². The van der Waals surface area contributed by atoms with Crippen LogP contribution in [0.3, 0.4) is 0 Å². The maximum absolute atomic E-state index is 12.8. The van der Waals surface area contributed by atoms with Gasteiger partial charge in [0.15, 0.2) is 0 Å². The summed E-state index contributed by atoms with van der Waals surface area (Å²) < 4.78 is 0. The predicted molar refractivity (Wildman–Crippen MR) is 108 cm³/mol. The van der Waals surface area contributed by atoms with E-state index in [1.165, 1.54) is 0 Å². The first-order chi connectivity index (χ1) is 14.1. The summed E-state index contributed by atoms with van der Waals surface area (Å²) in [7, 11) is 0. The van der Waals surface area contributed by atoms with Crippen LogP contribution in [-0.2, 0) is 19.2 Å². The Morgan fingerprint density at radius 3 is 1.83 bits per heavy atom. The number of amides is 3. The molecule has 0 aliphatic carbocycles. The number of nitrogens with one attached hydrogen (secondary N) is 3. The Bertz CT molecular complexity index is 573. The van der Waals surface area contributed by atoms with Crippen LogP contribution in [0.5, 0.6) is 0 Å². The van der Waals surface area contributed by atoms with Crippen molar-refractivity contribution >= 4 is 23.7 Å². The second-order valence-corrected chi connectivity index (χ2v) is 7.41. The molecular weight excluding hydrogens is 398 g/mol. The Balaban J connectivity index is 5.35. The molecule has 0 saturated carbocycles. The van der Waals surface area contributed by atoms with Gasteiger partial charge in [-0.1, -0.05) is 13.8 Å². The number of hydrogen-bond donors (Lipinski definition) is 8. The summed E-state index contributed by atoms with van der Waals surface area (Å²) in [6.45, 7) is 2.65. The highest BCUT2D eigenvalue weighted by Gasteiger charge is 2.30. The van der Waals surface area contributed by atoms with Crippen LogP contribution < -0.4 is 27.4 Å². The van der Waals surface area contributed by atoms with E-state index < -0.39 is 61.1 Å². The smallest absolute Gasteiger partial charge is 0.328 e. The van der Waals surface area contributed by atoms with Crippen molar-refractivity contribution in [3.05, 3.63) is 0 Å². The molecular formula is C18H35N5O7. The summed E-state index contributed by atoms with van der Waals surface area (Å²) in [6, 6.07) is -4.80. The molecule has 4 atom stereocenters. The topological polar surface area (TPSA) is 217 Å². The number of carbonyl (C=O) groups excluding carboxylic acids is 3. The average Bonchev–Trinajstić information content (AvgIpc) is 2.69. The van der Waals surface area contributed by atoms with Crippen molar-refractivity contribution in [2.45, 2.75) is 63.7 Å². The van der Waals surface area contributed by atoms with E-state index in [1.54, 1.807) is 0 Å². The number of hydrogen-bond acceptors (Lipinski definition) is 8.